The Kier molecular flexibility index (Phi) is 6.45. The number of benzene rings is 1. The first-order chi connectivity index (χ1) is 15.1. The number of rotatable bonds is 7. The summed E-state index contributed by atoms with van der Waals surface area (Å²) in [7, 11) is 1.82. The molecule has 1 aliphatic rings. The summed E-state index contributed by atoms with van der Waals surface area (Å²) < 4.78 is 8.85. The zero-order valence-corrected chi connectivity index (χ0v) is 17.7. The number of ether oxygens (including phenoxy) is 1. The molecule has 162 valence electrons. The predicted molar refractivity (Wildman–Crippen MR) is 116 cm³/mol. The van der Waals surface area contributed by atoms with Crippen LogP contribution in [0.4, 0.5) is 0 Å². The Hall–Kier alpha value is -3.42. The maximum absolute atomic E-state index is 12.9. The molecule has 8 heteroatoms. The van der Waals surface area contributed by atoms with E-state index in [4.69, 9.17) is 4.74 Å². The Bertz CT molecular complexity index is 1060. The van der Waals surface area contributed by atoms with E-state index in [0.717, 1.165) is 17.1 Å². The van der Waals surface area contributed by atoms with Crippen molar-refractivity contribution in [3.8, 4) is 5.75 Å². The molecule has 31 heavy (non-hydrogen) atoms. The molecular weight excluding hydrogens is 394 g/mol. The number of para-hydroxylation sites is 1. The van der Waals surface area contributed by atoms with Gasteiger partial charge in [0, 0.05) is 44.9 Å². The van der Waals surface area contributed by atoms with Gasteiger partial charge in [0.2, 0.25) is 5.91 Å². The highest BCUT2D eigenvalue weighted by atomic mass is 16.5. The second-order valence-corrected chi connectivity index (χ2v) is 7.81. The first kappa shape index (κ1) is 20.8. The molecule has 1 amide bonds. The molecule has 4 rings (SSSR count). The molecule has 0 radical (unpaired) electrons. The molecule has 8 nitrogen and oxygen atoms in total. The monoisotopic (exact) mass is 421 g/mol. The lowest BCUT2D eigenvalue weighted by Gasteiger charge is -2.22. The molecule has 1 unspecified atom stereocenters. The summed E-state index contributed by atoms with van der Waals surface area (Å²) >= 11 is 0. The van der Waals surface area contributed by atoms with Crippen LogP contribution in [0.25, 0.3) is 0 Å². The molecule has 3 heterocycles. The zero-order chi connectivity index (χ0) is 21.6. The van der Waals surface area contributed by atoms with Crippen molar-refractivity contribution in [2.45, 2.75) is 38.9 Å². The molecular formula is C23H27N5O3. The van der Waals surface area contributed by atoms with Crippen molar-refractivity contribution in [2.75, 3.05) is 13.7 Å². The Morgan fingerprint density at radius 2 is 2.03 bits per heavy atom. The lowest BCUT2D eigenvalue weighted by molar-refractivity contribution is -0.135. The van der Waals surface area contributed by atoms with Crippen LogP contribution in [0.1, 0.15) is 24.2 Å². The summed E-state index contributed by atoms with van der Waals surface area (Å²) in [5.41, 5.74) is 0.865. The highest BCUT2D eigenvalue weighted by molar-refractivity contribution is 5.78. The lowest BCUT2D eigenvalue weighted by atomic mass is 9.98. The summed E-state index contributed by atoms with van der Waals surface area (Å²) in [6.45, 7) is 1.80. The highest BCUT2D eigenvalue weighted by Crippen LogP contribution is 2.21. The fourth-order valence-electron chi connectivity index (χ4n) is 3.94. The summed E-state index contributed by atoms with van der Waals surface area (Å²) in [6.07, 6.45) is 5.43. The SMILES string of the molecule is CN(Cc1cccnc1)C(=O)C1CCc2nn(CCOc3ccccc3)c(=O)n2CC1. The number of carbonyl (C=O) groups is 1. The molecule has 1 aromatic carbocycles. The van der Waals surface area contributed by atoms with E-state index < -0.39 is 0 Å². The van der Waals surface area contributed by atoms with Crippen LogP contribution in [0, 0.1) is 5.92 Å². The Morgan fingerprint density at radius 1 is 1.19 bits per heavy atom. The van der Waals surface area contributed by atoms with Gasteiger partial charge in [-0.3, -0.25) is 14.3 Å². The quantitative estimate of drug-likeness (QED) is 0.584. The fraction of sp³-hybridized carbons (Fsp3) is 0.391. The molecule has 0 saturated carbocycles. The number of aryl methyl sites for hydroxylation is 1. The number of amides is 1. The average Bonchev–Trinajstić information content (AvgIpc) is 2.96. The van der Waals surface area contributed by atoms with Crippen molar-refractivity contribution in [3.05, 3.63) is 76.7 Å². The third-order valence-corrected chi connectivity index (χ3v) is 5.60. The van der Waals surface area contributed by atoms with Crippen LogP contribution in [0.2, 0.25) is 0 Å². The summed E-state index contributed by atoms with van der Waals surface area (Å²) in [5, 5.41) is 4.50. The van der Waals surface area contributed by atoms with Crippen LogP contribution in [-0.2, 0) is 30.8 Å². The normalized spacial score (nSPS) is 15.7. The van der Waals surface area contributed by atoms with Gasteiger partial charge in [-0.15, -0.1) is 0 Å². The van der Waals surface area contributed by atoms with Crippen molar-refractivity contribution < 1.29 is 9.53 Å². The fourth-order valence-corrected chi connectivity index (χ4v) is 3.94. The third-order valence-electron chi connectivity index (χ3n) is 5.60. The minimum absolute atomic E-state index is 0.103. The van der Waals surface area contributed by atoms with Crippen LogP contribution in [-0.4, -0.2) is 43.8 Å². The van der Waals surface area contributed by atoms with Crippen LogP contribution in [0.3, 0.4) is 0 Å². The minimum atomic E-state index is -0.136. The van der Waals surface area contributed by atoms with Gasteiger partial charge in [-0.05, 0) is 36.6 Å². The van der Waals surface area contributed by atoms with E-state index >= 15 is 0 Å². The number of carbonyl (C=O) groups excluding carboxylic acids is 1. The highest BCUT2D eigenvalue weighted by Gasteiger charge is 2.27. The Morgan fingerprint density at radius 3 is 2.81 bits per heavy atom. The summed E-state index contributed by atoms with van der Waals surface area (Å²) in [4.78, 5) is 31.5. The van der Waals surface area contributed by atoms with E-state index in [0.29, 0.717) is 45.5 Å². The second-order valence-electron chi connectivity index (χ2n) is 7.81. The topological polar surface area (TPSA) is 82.2 Å². The van der Waals surface area contributed by atoms with E-state index in [-0.39, 0.29) is 17.5 Å². The zero-order valence-electron chi connectivity index (χ0n) is 17.7. The van der Waals surface area contributed by atoms with Crippen molar-refractivity contribution in [2.24, 2.45) is 5.92 Å². The number of aromatic nitrogens is 4. The molecule has 0 fully saturated rings. The van der Waals surface area contributed by atoms with E-state index in [2.05, 4.69) is 10.1 Å². The van der Waals surface area contributed by atoms with E-state index in [1.54, 1.807) is 21.9 Å². The van der Waals surface area contributed by atoms with E-state index in [1.807, 2.05) is 49.5 Å². The molecule has 2 aromatic heterocycles. The van der Waals surface area contributed by atoms with Gasteiger partial charge in [0.05, 0.1) is 6.54 Å². The third kappa shape index (κ3) is 5.02. The smallest absolute Gasteiger partial charge is 0.346 e. The number of nitrogens with zero attached hydrogens (tertiary/aromatic N) is 5. The van der Waals surface area contributed by atoms with Crippen LogP contribution in [0.15, 0.2) is 59.7 Å². The van der Waals surface area contributed by atoms with Crippen molar-refractivity contribution in [1.29, 1.82) is 0 Å². The Balaban J connectivity index is 1.34. The van der Waals surface area contributed by atoms with Gasteiger partial charge in [-0.2, -0.15) is 5.10 Å². The molecule has 0 N–H and O–H groups in total. The number of fused-ring (bicyclic) bond motifs is 1. The van der Waals surface area contributed by atoms with Gasteiger partial charge in [0.15, 0.2) is 0 Å². The van der Waals surface area contributed by atoms with Gasteiger partial charge in [-0.25, -0.2) is 9.48 Å². The van der Waals surface area contributed by atoms with Crippen LogP contribution in [0.5, 0.6) is 5.75 Å². The molecule has 0 bridgehead atoms. The van der Waals surface area contributed by atoms with Crippen molar-refractivity contribution in [3.63, 3.8) is 0 Å². The number of pyridine rings is 1. The van der Waals surface area contributed by atoms with Crippen LogP contribution < -0.4 is 10.4 Å². The van der Waals surface area contributed by atoms with Gasteiger partial charge in [-0.1, -0.05) is 24.3 Å². The molecule has 0 aliphatic carbocycles. The molecule has 1 aliphatic heterocycles. The largest absolute Gasteiger partial charge is 0.492 e. The van der Waals surface area contributed by atoms with Gasteiger partial charge in [0.1, 0.15) is 18.2 Å². The van der Waals surface area contributed by atoms with E-state index in [9.17, 15) is 9.59 Å². The maximum Gasteiger partial charge on any atom is 0.346 e. The van der Waals surface area contributed by atoms with E-state index in [1.165, 1.54) is 4.68 Å². The minimum Gasteiger partial charge on any atom is -0.492 e. The van der Waals surface area contributed by atoms with Gasteiger partial charge in [0.25, 0.3) is 0 Å². The predicted octanol–water partition coefficient (Wildman–Crippen LogP) is 2.13. The van der Waals surface area contributed by atoms with Crippen molar-refractivity contribution >= 4 is 5.91 Å². The molecule has 1 atom stereocenters. The summed E-state index contributed by atoms with van der Waals surface area (Å²) in [5.74, 6) is 1.51. The Labute approximate surface area is 181 Å². The first-order valence-corrected chi connectivity index (χ1v) is 10.6. The van der Waals surface area contributed by atoms with Gasteiger partial charge < -0.3 is 9.64 Å². The molecule has 3 aromatic rings. The second kappa shape index (κ2) is 9.59. The van der Waals surface area contributed by atoms with Gasteiger partial charge >= 0.3 is 5.69 Å². The molecule has 0 spiro atoms. The average molecular weight is 422 g/mol. The standard InChI is InChI=1S/C23H27N5O3/c1-26(17-18-6-5-12-24-16-18)22(29)19-9-10-21-25-28(23(30)27(21)13-11-19)14-15-31-20-7-3-2-4-8-20/h2-8,12,16,19H,9-11,13-15,17H2,1H3. The molecule has 0 saturated heterocycles. The summed E-state index contributed by atoms with van der Waals surface area (Å²) in [6, 6.07) is 13.3. The van der Waals surface area contributed by atoms with Crippen molar-refractivity contribution in [1.82, 2.24) is 24.2 Å². The first-order valence-electron chi connectivity index (χ1n) is 10.6. The lowest BCUT2D eigenvalue weighted by Crippen LogP contribution is -2.33. The number of hydrogen-bond acceptors (Lipinski definition) is 5. The van der Waals surface area contributed by atoms with Crippen LogP contribution >= 0.6 is 0 Å². The maximum atomic E-state index is 12.9. The number of hydrogen-bond donors (Lipinski definition) is 0.